The summed E-state index contributed by atoms with van der Waals surface area (Å²) in [6, 6.07) is 22.6. The van der Waals surface area contributed by atoms with Gasteiger partial charge >= 0.3 is 0 Å². The summed E-state index contributed by atoms with van der Waals surface area (Å²) in [5, 5.41) is 2.68. The molecule has 3 aromatic carbocycles. The number of carbonyl (C=O) groups is 1. The number of sulfonamides is 1. The fourth-order valence-electron chi connectivity index (χ4n) is 3.19. The maximum absolute atomic E-state index is 12.6. The van der Waals surface area contributed by atoms with Gasteiger partial charge in [-0.05, 0) is 63.5 Å². The number of methoxy groups -OCH3 is 1. The average molecular weight is 569 g/mol. The van der Waals surface area contributed by atoms with E-state index >= 15 is 0 Å². The first-order valence-electron chi connectivity index (χ1n) is 10.6. The number of hydrogen-bond donors (Lipinski definition) is 2. The van der Waals surface area contributed by atoms with Crippen LogP contribution in [0.5, 0.6) is 11.6 Å². The van der Waals surface area contributed by atoms with Gasteiger partial charge in [-0.15, -0.1) is 0 Å². The number of nitrogens with zero attached hydrogens (tertiary/aromatic N) is 2. The molecule has 1 amide bonds. The first kappa shape index (κ1) is 25.1. The zero-order chi connectivity index (χ0) is 25.5. The molecule has 0 atom stereocenters. The zero-order valence-corrected chi connectivity index (χ0v) is 21.4. The number of anilines is 2. The van der Waals surface area contributed by atoms with E-state index in [0.29, 0.717) is 11.4 Å². The SMILES string of the molecule is COc1cc(NS(=O)(=O)c2ccc(NC(=O)COc3ccc(-c4ccccc4)cc3Br)cc2)ncn1. The minimum Gasteiger partial charge on any atom is -0.483 e. The van der Waals surface area contributed by atoms with Gasteiger partial charge in [-0.2, -0.15) is 0 Å². The van der Waals surface area contributed by atoms with Crippen molar-refractivity contribution in [2.45, 2.75) is 4.90 Å². The number of hydrogen-bond acceptors (Lipinski definition) is 7. The quantitative estimate of drug-likeness (QED) is 0.299. The van der Waals surface area contributed by atoms with E-state index in [2.05, 4.69) is 35.9 Å². The topological polar surface area (TPSA) is 120 Å². The second-order valence-corrected chi connectivity index (χ2v) is 9.96. The van der Waals surface area contributed by atoms with Crippen molar-refractivity contribution in [3.8, 4) is 22.8 Å². The Morgan fingerprint density at radius 3 is 2.39 bits per heavy atom. The van der Waals surface area contributed by atoms with Crippen molar-refractivity contribution in [1.82, 2.24) is 9.97 Å². The van der Waals surface area contributed by atoms with Gasteiger partial charge in [-0.1, -0.05) is 36.4 Å². The lowest BCUT2D eigenvalue weighted by Gasteiger charge is -2.11. The van der Waals surface area contributed by atoms with Crippen molar-refractivity contribution in [3.05, 3.63) is 89.7 Å². The van der Waals surface area contributed by atoms with E-state index in [0.717, 1.165) is 15.6 Å². The molecule has 2 N–H and O–H groups in total. The molecule has 4 rings (SSSR count). The van der Waals surface area contributed by atoms with Crippen molar-refractivity contribution < 1.29 is 22.7 Å². The molecule has 184 valence electrons. The Balaban J connectivity index is 1.34. The van der Waals surface area contributed by atoms with Crippen molar-refractivity contribution in [3.63, 3.8) is 0 Å². The fourth-order valence-corrected chi connectivity index (χ4v) is 4.68. The minimum atomic E-state index is -3.90. The molecule has 0 saturated heterocycles. The van der Waals surface area contributed by atoms with Crippen LogP contribution in [0.25, 0.3) is 11.1 Å². The monoisotopic (exact) mass is 568 g/mol. The lowest BCUT2D eigenvalue weighted by Crippen LogP contribution is -2.20. The van der Waals surface area contributed by atoms with Crippen LogP contribution in [-0.2, 0) is 14.8 Å². The second kappa shape index (κ2) is 11.2. The Kier molecular flexibility index (Phi) is 7.81. The van der Waals surface area contributed by atoms with Gasteiger partial charge in [0.25, 0.3) is 15.9 Å². The van der Waals surface area contributed by atoms with Crippen LogP contribution in [0.15, 0.2) is 94.6 Å². The first-order valence-corrected chi connectivity index (χ1v) is 12.9. The number of halogens is 1. The highest BCUT2D eigenvalue weighted by Crippen LogP contribution is 2.30. The molecule has 0 saturated carbocycles. The van der Waals surface area contributed by atoms with Gasteiger partial charge in [-0.25, -0.2) is 18.4 Å². The molecule has 0 unspecified atom stereocenters. The molecule has 0 fully saturated rings. The molecular formula is C25H21BrN4O5S. The van der Waals surface area contributed by atoms with Crippen molar-refractivity contribution in [2.75, 3.05) is 23.8 Å². The number of benzene rings is 3. The van der Waals surface area contributed by atoms with E-state index in [-0.39, 0.29) is 23.2 Å². The third kappa shape index (κ3) is 6.37. The standard InChI is InChI=1S/C25H21BrN4O5S/c1-34-25-14-23(27-16-28-25)30-36(32,33)20-10-8-19(9-11-20)29-24(31)15-35-22-12-7-18(13-21(22)26)17-5-3-2-4-6-17/h2-14,16H,15H2,1H3,(H,29,31)(H,27,28,30). The summed E-state index contributed by atoms with van der Waals surface area (Å²) in [6.07, 6.45) is 1.19. The summed E-state index contributed by atoms with van der Waals surface area (Å²) in [5.74, 6) is 0.427. The van der Waals surface area contributed by atoms with E-state index in [1.54, 1.807) is 6.07 Å². The van der Waals surface area contributed by atoms with Crippen LogP contribution in [0.3, 0.4) is 0 Å². The third-order valence-electron chi connectivity index (χ3n) is 4.94. The first-order chi connectivity index (χ1) is 17.3. The number of aromatic nitrogens is 2. The Morgan fingerprint density at radius 2 is 1.69 bits per heavy atom. The van der Waals surface area contributed by atoms with Gasteiger partial charge in [0, 0.05) is 11.8 Å². The minimum absolute atomic E-state index is 0.00300. The van der Waals surface area contributed by atoms with E-state index in [9.17, 15) is 13.2 Å². The molecule has 36 heavy (non-hydrogen) atoms. The molecule has 1 heterocycles. The van der Waals surface area contributed by atoms with Crippen LogP contribution >= 0.6 is 15.9 Å². The van der Waals surface area contributed by atoms with E-state index in [1.165, 1.54) is 43.8 Å². The van der Waals surface area contributed by atoms with Gasteiger partial charge in [0.05, 0.1) is 16.5 Å². The van der Waals surface area contributed by atoms with Gasteiger partial charge < -0.3 is 14.8 Å². The zero-order valence-electron chi connectivity index (χ0n) is 19.0. The number of amides is 1. The highest BCUT2D eigenvalue weighted by atomic mass is 79.9. The van der Waals surface area contributed by atoms with E-state index in [1.807, 2.05) is 42.5 Å². The largest absolute Gasteiger partial charge is 0.483 e. The Morgan fingerprint density at radius 1 is 0.944 bits per heavy atom. The number of rotatable bonds is 9. The number of carbonyl (C=O) groups excluding carboxylic acids is 1. The van der Waals surface area contributed by atoms with Crippen molar-refractivity contribution in [1.29, 1.82) is 0 Å². The predicted octanol–water partition coefficient (Wildman–Crippen LogP) is 4.73. The van der Waals surface area contributed by atoms with Crippen molar-refractivity contribution in [2.24, 2.45) is 0 Å². The molecule has 0 bridgehead atoms. The number of nitrogens with one attached hydrogen (secondary N) is 2. The molecular weight excluding hydrogens is 548 g/mol. The van der Waals surface area contributed by atoms with Gasteiger partial charge in [0.1, 0.15) is 17.9 Å². The van der Waals surface area contributed by atoms with E-state index in [4.69, 9.17) is 9.47 Å². The maximum atomic E-state index is 12.6. The summed E-state index contributed by atoms with van der Waals surface area (Å²) in [7, 11) is -2.48. The van der Waals surface area contributed by atoms with Crippen LogP contribution in [0, 0.1) is 0 Å². The third-order valence-corrected chi connectivity index (χ3v) is 6.93. The van der Waals surface area contributed by atoms with Crippen LogP contribution in [0.1, 0.15) is 0 Å². The highest BCUT2D eigenvalue weighted by molar-refractivity contribution is 9.10. The van der Waals surface area contributed by atoms with Gasteiger partial charge in [0.2, 0.25) is 5.88 Å². The molecule has 9 nitrogen and oxygen atoms in total. The fraction of sp³-hybridized carbons (Fsp3) is 0.0800. The molecule has 11 heteroatoms. The Bertz CT molecular complexity index is 1470. The summed E-state index contributed by atoms with van der Waals surface area (Å²) in [5.41, 5.74) is 2.51. The van der Waals surface area contributed by atoms with Gasteiger partial charge in [0.15, 0.2) is 6.61 Å². The number of ether oxygens (including phenoxy) is 2. The van der Waals surface area contributed by atoms with Crippen molar-refractivity contribution >= 4 is 43.4 Å². The highest BCUT2D eigenvalue weighted by Gasteiger charge is 2.16. The van der Waals surface area contributed by atoms with Crippen LogP contribution in [-0.4, -0.2) is 38.0 Å². The van der Waals surface area contributed by atoms with Crippen LogP contribution in [0.2, 0.25) is 0 Å². The van der Waals surface area contributed by atoms with Crippen LogP contribution in [0.4, 0.5) is 11.5 Å². The van der Waals surface area contributed by atoms with Crippen LogP contribution < -0.4 is 19.5 Å². The lowest BCUT2D eigenvalue weighted by molar-refractivity contribution is -0.118. The molecule has 0 aliphatic heterocycles. The summed E-state index contributed by atoms with van der Waals surface area (Å²) in [4.78, 5) is 20.1. The summed E-state index contributed by atoms with van der Waals surface area (Å²) < 4.78 is 38.9. The molecule has 0 radical (unpaired) electrons. The normalized spacial score (nSPS) is 10.9. The average Bonchev–Trinajstić information content (AvgIpc) is 2.88. The maximum Gasteiger partial charge on any atom is 0.263 e. The molecule has 0 aliphatic rings. The smallest absolute Gasteiger partial charge is 0.263 e. The Labute approximate surface area is 216 Å². The lowest BCUT2D eigenvalue weighted by atomic mass is 10.1. The second-order valence-electron chi connectivity index (χ2n) is 7.42. The molecule has 0 spiro atoms. The molecule has 4 aromatic rings. The molecule has 1 aromatic heterocycles. The van der Waals surface area contributed by atoms with Gasteiger partial charge in [-0.3, -0.25) is 9.52 Å². The molecule has 0 aliphatic carbocycles. The summed E-state index contributed by atoms with van der Waals surface area (Å²) >= 11 is 3.49. The predicted molar refractivity (Wildman–Crippen MR) is 140 cm³/mol. The van der Waals surface area contributed by atoms with E-state index < -0.39 is 15.9 Å². The Hall–Kier alpha value is -3.96. The summed E-state index contributed by atoms with van der Waals surface area (Å²) in [6.45, 7) is -0.222.